The molecule has 0 radical (unpaired) electrons. The smallest absolute Gasteiger partial charge is 0.230 e. The Hall–Kier alpha value is -2.04. The fourth-order valence-electron chi connectivity index (χ4n) is 2.21. The van der Waals surface area contributed by atoms with Crippen molar-refractivity contribution < 1.29 is 9.59 Å². The first-order chi connectivity index (χ1) is 8.58. The second-order valence-electron chi connectivity index (χ2n) is 4.59. The first-order valence-corrected chi connectivity index (χ1v) is 6.06. The Balaban J connectivity index is 2.26. The third-order valence-corrected chi connectivity index (χ3v) is 3.11. The van der Waals surface area contributed by atoms with Gasteiger partial charge in [0.2, 0.25) is 5.91 Å². The molecule has 1 aromatic rings. The van der Waals surface area contributed by atoms with E-state index in [4.69, 9.17) is 11.5 Å². The average Bonchev–Trinajstić information content (AvgIpc) is 2.51. The molecule has 1 aliphatic heterocycles. The number of hydrogen-bond acceptors (Lipinski definition) is 4. The Morgan fingerprint density at radius 1 is 1.17 bits per heavy atom. The second kappa shape index (κ2) is 5.08. The summed E-state index contributed by atoms with van der Waals surface area (Å²) in [5.74, 6) is -1.01. The molecule has 5 N–H and O–H groups in total. The molecule has 5 heteroatoms. The van der Waals surface area contributed by atoms with Gasteiger partial charge in [-0.25, -0.2) is 0 Å². The van der Waals surface area contributed by atoms with E-state index in [-0.39, 0.29) is 11.7 Å². The number of rotatable bonds is 2. The molecule has 1 heterocycles. The van der Waals surface area contributed by atoms with E-state index in [0.717, 1.165) is 12.8 Å². The van der Waals surface area contributed by atoms with Crippen molar-refractivity contribution in [2.75, 3.05) is 18.0 Å². The van der Waals surface area contributed by atoms with E-state index in [9.17, 15) is 9.59 Å². The van der Waals surface area contributed by atoms with Crippen LogP contribution >= 0.6 is 0 Å². The Kier molecular flexibility index (Phi) is 3.50. The van der Waals surface area contributed by atoms with Crippen LogP contribution in [0.4, 0.5) is 11.4 Å². The highest BCUT2D eigenvalue weighted by Gasteiger charge is 2.28. The minimum atomic E-state index is -0.617. The molecule has 1 fully saturated rings. The average molecular weight is 247 g/mol. The van der Waals surface area contributed by atoms with Crippen molar-refractivity contribution in [1.29, 1.82) is 0 Å². The molecule has 1 atom stereocenters. The first-order valence-electron chi connectivity index (χ1n) is 6.06. The van der Waals surface area contributed by atoms with Gasteiger partial charge in [0, 0.05) is 23.5 Å². The molecule has 2 rings (SSSR count). The fourth-order valence-corrected chi connectivity index (χ4v) is 2.21. The molecule has 0 bridgehead atoms. The molecular weight excluding hydrogens is 230 g/mol. The number of ketones is 1. The molecule has 0 aliphatic carbocycles. The molecule has 96 valence electrons. The van der Waals surface area contributed by atoms with Crippen LogP contribution in [-0.4, -0.2) is 18.2 Å². The Labute approximate surface area is 106 Å². The van der Waals surface area contributed by atoms with Gasteiger partial charge in [-0.15, -0.1) is 0 Å². The van der Waals surface area contributed by atoms with Gasteiger partial charge in [0.15, 0.2) is 5.78 Å². The van der Waals surface area contributed by atoms with Crippen molar-refractivity contribution in [3.63, 3.8) is 0 Å². The SMILES string of the molecule is Nc1cc(N)cc(C(=O)C2CCCCNC2=O)c1. The Morgan fingerprint density at radius 2 is 1.83 bits per heavy atom. The number of anilines is 2. The number of carbonyl (C=O) groups is 2. The molecule has 0 spiro atoms. The molecule has 1 aliphatic rings. The van der Waals surface area contributed by atoms with Gasteiger partial charge in [-0.3, -0.25) is 9.59 Å². The first kappa shape index (κ1) is 12.4. The summed E-state index contributed by atoms with van der Waals surface area (Å²) in [6.45, 7) is 0.641. The van der Waals surface area contributed by atoms with Crippen LogP contribution < -0.4 is 16.8 Å². The number of carbonyl (C=O) groups excluding carboxylic acids is 2. The number of nitrogen functional groups attached to an aromatic ring is 2. The van der Waals surface area contributed by atoms with Crippen LogP contribution in [0.25, 0.3) is 0 Å². The van der Waals surface area contributed by atoms with E-state index in [1.807, 2.05) is 0 Å². The third-order valence-electron chi connectivity index (χ3n) is 3.11. The molecular formula is C13H17N3O2. The summed E-state index contributed by atoms with van der Waals surface area (Å²) in [5.41, 5.74) is 12.6. The second-order valence-corrected chi connectivity index (χ2v) is 4.59. The number of amides is 1. The number of Topliss-reactive ketones (excluding diaryl/α,β-unsaturated/α-hetero) is 1. The summed E-state index contributed by atoms with van der Waals surface area (Å²) in [5, 5.41) is 2.75. The normalized spacial score (nSPS) is 20.0. The highest BCUT2D eigenvalue weighted by atomic mass is 16.2. The van der Waals surface area contributed by atoms with Crippen molar-refractivity contribution in [1.82, 2.24) is 5.32 Å². The van der Waals surface area contributed by atoms with E-state index in [1.165, 1.54) is 0 Å². The van der Waals surface area contributed by atoms with Crippen LogP contribution in [0.15, 0.2) is 18.2 Å². The van der Waals surface area contributed by atoms with Crippen LogP contribution in [0.5, 0.6) is 0 Å². The molecule has 1 saturated heterocycles. The highest BCUT2D eigenvalue weighted by Crippen LogP contribution is 2.21. The highest BCUT2D eigenvalue weighted by molar-refractivity contribution is 6.10. The molecule has 18 heavy (non-hydrogen) atoms. The number of hydrogen-bond donors (Lipinski definition) is 3. The standard InChI is InChI=1S/C13H17N3O2/c14-9-5-8(6-10(15)7-9)12(17)11-3-1-2-4-16-13(11)18/h5-7,11H,1-4,14-15H2,(H,16,18). The summed E-state index contributed by atoms with van der Waals surface area (Å²) >= 11 is 0. The lowest BCUT2D eigenvalue weighted by Crippen LogP contribution is -2.33. The van der Waals surface area contributed by atoms with Gasteiger partial charge >= 0.3 is 0 Å². The molecule has 5 nitrogen and oxygen atoms in total. The number of nitrogens with one attached hydrogen (secondary N) is 1. The lowest BCUT2D eigenvalue weighted by molar-refractivity contribution is -0.123. The fraction of sp³-hybridized carbons (Fsp3) is 0.385. The van der Waals surface area contributed by atoms with Crippen LogP contribution in [0.3, 0.4) is 0 Å². The van der Waals surface area contributed by atoms with Crippen molar-refractivity contribution in [2.45, 2.75) is 19.3 Å². The topological polar surface area (TPSA) is 98.2 Å². The maximum absolute atomic E-state index is 12.3. The number of nitrogens with two attached hydrogens (primary N) is 2. The van der Waals surface area contributed by atoms with E-state index in [0.29, 0.717) is 29.9 Å². The van der Waals surface area contributed by atoms with E-state index in [1.54, 1.807) is 18.2 Å². The zero-order chi connectivity index (χ0) is 13.1. The van der Waals surface area contributed by atoms with Gasteiger partial charge in [0.25, 0.3) is 0 Å². The van der Waals surface area contributed by atoms with Crippen molar-refractivity contribution >= 4 is 23.1 Å². The van der Waals surface area contributed by atoms with Crippen LogP contribution in [0, 0.1) is 5.92 Å². The lowest BCUT2D eigenvalue weighted by Gasteiger charge is -2.12. The maximum Gasteiger partial charge on any atom is 0.230 e. The maximum atomic E-state index is 12.3. The predicted molar refractivity (Wildman–Crippen MR) is 69.9 cm³/mol. The Morgan fingerprint density at radius 3 is 2.50 bits per heavy atom. The minimum Gasteiger partial charge on any atom is -0.399 e. The van der Waals surface area contributed by atoms with Crippen molar-refractivity contribution in [3.8, 4) is 0 Å². The van der Waals surface area contributed by atoms with Crippen LogP contribution in [0.1, 0.15) is 29.6 Å². The summed E-state index contributed by atoms with van der Waals surface area (Å²) in [7, 11) is 0. The monoisotopic (exact) mass is 247 g/mol. The van der Waals surface area contributed by atoms with Crippen molar-refractivity contribution in [2.24, 2.45) is 5.92 Å². The van der Waals surface area contributed by atoms with Gasteiger partial charge in [-0.2, -0.15) is 0 Å². The summed E-state index contributed by atoms with van der Waals surface area (Å²) in [6, 6.07) is 4.72. The van der Waals surface area contributed by atoms with E-state index in [2.05, 4.69) is 5.32 Å². The third kappa shape index (κ3) is 2.61. The number of benzene rings is 1. The van der Waals surface area contributed by atoms with E-state index >= 15 is 0 Å². The zero-order valence-corrected chi connectivity index (χ0v) is 10.1. The largest absolute Gasteiger partial charge is 0.399 e. The summed E-state index contributed by atoms with van der Waals surface area (Å²) in [6.07, 6.45) is 2.36. The Bertz CT molecular complexity index is 465. The molecule has 1 aromatic carbocycles. The van der Waals surface area contributed by atoms with Gasteiger partial charge in [-0.05, 0) is 31.0 Å². The minimum absolute atomic E-state index is 0.196. The molecule has 1 amide bonds. The van der Waals surface area contributed by atoms with Gasteiger partial charge < -0.3 is 16.8 Å². The van der Waals surface area contributed by atoms with Crippen molar-refractivity contribution in [3.05, 3.63) is 23.8 Å². The van der Waals surface area contributed by atoms with Crippen LogP contribution in [-0.2, 0) is 4.79 Å². The molecule has 0 aromatic heterocycles. The van der Waals surface area contributed by atoms with Crippen LogP contribution in [0.2, 0.25) is 0 Å². The molecule has 1 unspecified atom stereocenters. The molecule has 0 saturated carbocycles. The summed E-state index contributed by atoms with van der Waals surface area (Å²) < 4.78 is 0. The quantitative estimate of drug-likeness (QED) is 0.411. The van der Waals surface area contributed by atoms with Gasteiger partial charge in [0.1, 0.15) is 5.92 Å². The van der Waals surface area contributed by atoms with E-state index < -0.39 is 5.92 Å². The summed E-state index contributed by atoms with van der Waals surface area (Å²) in [4.78, 5) is 24.1. The van der Waals surface area contributed by atoms with Gasteiger partial charge in [0.05, 0.1) is 0 Å². The predicted octanol–water partition coefficient (Wildman–Crippen LogP) is 0.950. The van der Waals surface area contributed by atoms with Gasteiger partial charge in [-0.1, -0.05) is 6.42 Å². The zero-order valence-electron chi connectivity index (χ0n) is 10.1. The lowest BCUT2D eigenvalue weighted by atomic mass is 9.92.